The van der Waals surface area contributed by atoms with Crippen molar-refractivity contribution in [1.82, 2.24) is 4.90 Å². The molecule has 9 heteroatoms. The average molecular weight is 332 g/mol. The first-order chi connectivity index (χ1) is 10.8. The molecular formula is C14H15F3N2O4. The van der Waals surface area contributed by atoms with Crippen LogP contribution in [0.5, 0.6) is 0 Å². The lowest BCUT2D eigenvalue weighted by atomic mass is 10.1. The highest BCUT2D eigenvalue weighted by atomic mass is 19.4. The van der Waals surface area contributed by atoms with Gasteiger partial charge >= 0.3 is 12.1 Å². The number of hydrogen-bond acceptors (Lipinski definition) is 4. The number of carbonyl (C=O) groups excluding carboxylic acids is 1. The minimum Gasteiger partial charge on any atom is -0.478 e. The molecule has 126 valence electrons. The Hall–Kier alpha value is -2.13. The number of carbonyl (C=O) groups is 2. The van der Waals surface area contributed by atoms with E-state index in [1.165, 1.54) is 0 Å². The van der Waals surface area contributed by atoms with Crippen molar-refractivity contribution in [3.63, 3.8) is 0 Å². The van der Waals surface area contributed by atoms with Crippen LogP contribution < -0.4 is 5.32 Å². The number of aromatic carboxylic acids is 1. The summed E-state index contributed by atoms with van der Waals surface area (Å²) in [6, 6.07) is 2.12. The van der Waals surface area contributed by atoms with Crippen LogP contribution in [0.15, 0.2) is 18.2 Å². The zero-order valence-corrected chi connectivity index (χ0v) is 12.0. The topological polar surface area (TPSA) is 78.9 Å². The molecule has 0 unspecified atom stereocenters. The summed E-state index contributed by atoms with van der Waals surface area (Å²) < 4.78 is 43.3. The van der Waals surface area contributed by atoms with Gasteiger partial charge in [-0.25, -0.2) is 4.79 Å². The molecule has 0 atom stereocenters. The second-order valence-electron chi connectivity index (χ2n) is 5.00. The molecule has 1 aliphatic heterocycles. The fourth-order valence-corrected chi connectivity index (χ4v) is 2.16. The molecule has 0 radical (unpaired) electrons. The van der Waals surface area contributed by atoms with E-state index in [2.05, 4.69) is 5.32 Å². The van der Waals surface area contributed by atoms with Crippen LogP contribution in [0.1, 0.15) is 15.9 Å². The van der Waals surface area contributed by atoms with Crippen LogP contribution in [0.25, 0.3) is 0 Å². The van der Waals surface area contributed by atoms with Gasteiger partial charge in [0.1, 0.15) is 0 Å². The summed E-state index contributed by atoms with van der Waals surface area (Å²) in [4.78, 5) is 24.8. The number of benzene rings is 1. The van der Waals surface area contributed by atoms with Crippen LogP contribution in [-0.4, -0.2) is 54.7 Å². The molecule has 2 rings (SSSR count). The number of hydrogen-bond donors (Lipinski definition) is 2. The lowest BCUT2D eigenvalue weighted by Gasteiger charge is -2.26. The smallest absolute Gasteiger partial charge is 0.416 e. The molecule has 0 aliphatic carbocycles. The Morgan fingerprint density at radius 2 is 1.91 bits per heavy atom. The standard InChI is InChI=1S/C14H15F3N2O4/c15-14(16,17)9-1-2-10(13(21)22)11(7-9)18-12(20)8-19-3-5-23-6-4-19/h1-2,7H,3-6,8H2,(H,18,20)(H,21,22). The number of alkyl halides is 3. The third-order valence-corrected chi connectivity index (χ3v) is 3.32. The summed E-state index contributed by atoms with van der Waals surface area (Å²) >= 11 is 0. The van der Waals surface area contributed by atoms with E-state index in [-0.39, 0.29) is 12.2 Å². The molecule has 6 nitrogen and oxygen atoms in total. The Bertz CT molecular complexity index is 598. The summed E-state index contributed by atoms with van der Waals surface area (Å²) in [6.45, 7) is 1.96. The van der Waals surface area contributed by atoms with Crippen molar-refractivity contribution in [2.75, 3.05) is 38.2 Å². The number of ether oxygens (including phenoxy) is 1. The van der Waals surface area contributed by atoms with Gasteiger partial charge in [0.15, 0.2) is 0 Å². The van der Waals surface area contributed by atoms with Crippen LogP contribution in [0, 0.1) is 0 Å². The van der Waals surface area contributed by atoms with E-state index < -0.39 is 29.2 Å². The Balaban J connectivity index is 2.15. The number of carboxylic acids is 1. The van der Waals surface area contributed by atoms with Crippen LogP contribution >= 0.6 is 0 Å². The second kappa shape index (κ2) is 6.97. The van der Waals surface area contributed by atoms with Crippen molar-refractivity contribution in [2.24, 2.45) is 0 Å². The number of rotatable bonds is 4. The summed E-state index contributed by atoms with van der Waals surface area (Å²) in [5.41, 5.74) is -1.79. The fourth-order valence-electron chi connectivity index (χ4n) is 2.16. The average Bonchev–Trinajstić information content (AvgIpc) is 2.46. The summed E-state index contributed by atoms with van der Waals surface area (Å²) in [7, 11) is 0. The van der Waals surface area contributed by atoms with Gasteiger partial charge in [0, 0.05) is 13.1 Å². The number of amides is 1. The van der Waals surface area contributed by atoms with Crippen LogP contribution in [-0.2, 0) is 15.7 Å². The second-order valence-corrected chi connectivity index (χ2v) is 5.00. The third-order valence-electron chi connectivity index (χ3n) is 3.32. The number of morpholine rings is 1. The Kier molecular flexibility index (Phi) is 5.22. The van der Waals surface area contributed by atoms with E-state index in [0.717, 1.165) is 6.07 Å². The van der Waals surface area contributed by atoms with E-state index in [4.69, 9.17) is 9.84 Å². The van der Waals surface area contributed by atoms with Crippen molar-refractivity contribution in [1.29, 1.82) is 0 Å². The SMILES string of the molecule is O=C(CN1CCOCC1)Nc1cc(C(F)(F)F)ccc1C(=O)O. The number of anilines is 1. The van der Waals surface area contributed by atoms with Gasteiger partial charge in [-0.2, -0.15) is 13.2 Å². The molecule has 0 bridgehead atoms. The number of halogens is 3. The maximum atomic E-state index is 12.7. The monoisotopic (exact) mass is 332 g/mol. The molecule has 0 saturated carbocycles. The quantitative estimate of drug-likeness (QED) is 0.877. The summed E-state index contributed by atoms with van der Waals surface area (Å²) in [5, 5.41) is 11.3. The van der Waals surface area contributed by atoms with E-state index >= 15 is 0 Å². The maximum absolute atomic E-state index is 12.7. The van der Waals surface area contributed by atoms with Crippen molar-refractivity contribution in [3.05, 3.63) is 29.3 Å². The molecule has 2 N–H and O–H groups in total. The van der Waals surface area contributed by atoms with Crippen LogP contribution in [0.2, 0.25) is 0 Å². The van der Waals surface area contributed by atoms with E-state index in [9.17, 15) is 22.8 Å². The predicted molar refractivity (Wildman–Crippen MR) is 74.3 cm³/mol. The number of carboxylic acid groups (broad SMARTS) is 1. The third kappa shape index (κ3) is 4.67. The highest BCUT2D eigenvalue weighted by Gasteiger charge is 2.31. The van der Waals surface area contributed by atoms with Gasteiger partial charge in [-0.3, -0.25) is 9.69 Å². The molecule has 1 aliphatic rings. The highest BCUT2D eigenvalue weighted by molar-refractivity contribution is 6.01. The van der Waals surface area contributed by atoms with Gasteiger partial charge in [0.2, 0.25) is 5.91 Å². The first-order valence-electron chi connectivity index (χ1n) is 6.82. The Labute approximate surface area is 129 Å². The van der Waals surface area contributed by atoms with Gasteiger partial charge in [0.25, 0.3) is 0 Å². The number of nitrogens with one attached hydrogen (secondary N) is 1. The lowest BCUT2D eigenvalue weighted by Crippen LogP contribution is -2.41. The van der Waals surface area contributed by atoms with Crippen molar-refractivity contribution in [3.8, 4) is 0 Å². The number of nitrogens with zero attached hydrogens (tertiary/aromatic N) is 1. The Morgan fingerprint density at radius 1 is 1.26 bits per heavy atom. The zero-order chi connectivity index (χ0) is 17.0. The molecule has 1 aromatic carbocycles. The van der Waals surface area contributed by atoms with E-state index in [0.29, 0.717) is 38.4 Å². The molecular weight excluding hydrogens is 317 g/mol. The molecule has 1 heterocycles. The minimum atomic E-state index is -4.62. The first-order valence-corrected chi connectivity index (χ1v) is 6.82. The lowest BCUT2D eigenvalue weighted by molar-refractivity contribution is -0.137. The largest absolute Gasteiger partial charge is 0.478 e. The minimum absolute atomic E-state index is 0.0430. The molecule has 1 aromatic rings. The van der Waals surface area contributed by atoms with Crippen LogP contribution in [0.4, 0.5) is 18.9 Å². The molecule has 1 amide bonds. The molecule has 23 heavy (non-hydrogen) atoms. The molecule has 0 spiro atoms. The highest BCUT2D eigenvalue weighted by Crippen LogP contribution is 2.32. The van der Waals surface area contributed by atoms with Crippen LogP contribution in [0.3, 0.4) is 0 Å². The van der Waals surface area contributed by atoms with Gasteiger partial charge in [-0.1, -0.05) is 0 Å². The predicted octanol–water partition coefficient (Wildman–Crippen LogP) is 1.67. The van der Waals surface area contributed by atoms with Gasteiger partial charge < -0.3 is 15.2 Å². The Morgan fingerprint density at radius 3 is 2.48 bits per heavy atom. The molecule has 1 saturated heterocycles. The maximum Gasteiger partial charge on any atom is 0.416 e. The normalized spacial score (nSPS) is 16.1. The van der Waals surface area contributed by atoms with Gasteiger partial charge in [-0.15, -0.1) is 0 Å². The first kappa shape index (κ1) is 17.2. The zero-order valence-electron chi connectivity index (χ0n) is 12.0. The van der Waals surface area contributed by atoms with Crippen molar-refractivity contribution >= 4 is 17.6 Å². The van der Waals surface area contributed by atoms with E-state index in [1.807, 2.05) is 0 Å². The summed E-state index contributed by atoms with van der Waals surface area (Å²) in [5.74, 6) is -1.99. The van der Waals surface area contributed by atoms with E-state index in [1.54, 1.807) is 4.90 Å². The van der Waals surface area contributed by atoms with Crippen molar-refractivity contribution in [2.45, 2.75) is 6.18 Å². The molecule has 1 fully saturated rings. The van der Waals surface area contributed by atoms with Crippen molar-refractivity contribution < 1.29 is 32.6 Å². The molecule has 0 aromatic heterocycles. The summed E-state index contributed by atoms with van der Waals surface area (Å²) in [6.07, 6.45) is -4.62. The van der Waals surface area contributed by atoms with Gasteiger partial charge in [0.05, 0.1) is 36.6 Å². The van der Waals surface area contributed by atoms with Gasteiger partial charge in [-0.05, 0) is 18.2 Å². The fraction of sp³-hybridized carbons (Fsp3) is 0.429.